The van der Waals surface area contributed by atoms with Gasteiger partial charge < -0.3 is 4.57 Å². The Bertz CT molecular complexity index is 1070. The van der Waals surface area contributed by atoms with Gasteiger partial charge >= 0.3 is 0 Å². The molecule has 2 aromatic carbocycles. The first-order chi connectivity index (χ1) is 12.3. The Labute approximate surface area is 158 Å². The Morgan fingerprint density at radius 3 is 2.84 bits per heavy atom. The average Bonchev–Trinajstić information content (AvgIpc) is 2.94. The Balaban J connectivity index is 1.72. The molecule has 2 heterocycles. The lowest BCUT2D eigenvalue weighted by Gasteiger charge is -2.04. The molecule has 0 radical (unpaired) electrons. The van der Waals surface area contributed by atoms with Crippen LogP contribution in [0, 0.1) is 0 Å². The Morgan fingerprint density at radius 2 is 2.00 bits per heavy atom. The zero-order valence-electron chi connectivity index (χ0n) is 13.4. The second-order valence-electron chi connectivity index (χ2n) is 5.60. The first-order valence-electron chi connectivity index (χ1n) is 7.86. The largest absolute Gasteiger partial charge is 0.320 e. The van der Waals surface area contributed by atoms with E-state index in [0.29, 0.717) is 11.7 Å². The van der Waals surface area contributed by atoms with Gasteiger partial charge in [0, 0.05) is 22.2 Å². The molecule has 0 atom stereocenters. The van der Waals surface area contributed by atoms with E-state index in [9.17, 15) is 0 Å². The second-order valence-corrected chi connectivity index (χ2v) is 7.46. The maximum atomic E-state index is 4.76. The van der Waals surface area contributed by atoms with Crippen LogP contribution in [0.2, 0.25) is 0 Å². The number of halogens is 1. The van der Waals surface area contributed by atoms with Crippen molar-refractivity contribution in [3.05, 3.63) is 71.2 Å². The third-order valence-corrected chi connectivity index (χ3v) is 5.33. The standard InChI is InChI=1S/C19H15BrN4S/c1-2-10-24-16-9-4-3-8-15(16)17-18(24)21-19(23-22-17)25-12-13-6-5-7-14(20)11-13/h2-9,11H,1,10,12H2. The summed E-state index contributed by atoms with van der Waals surface area (Å²) in [5.41, 5.74) is 4.01. The van der Waals surface area contributed by atoms with Crippen molar-refractivity contribution in [1.82, 2.24) is 19.7 Å². The number of nitrogens with zero attached hydrogens (tertiary/aromatic N) is 4. The van der Waals surface area contributed by atoms with Crippen LogP contribution in [0.15, 0.2) is 70.8 Å². The molecule has 0 aliphatic heterocycles. The van der Waals surface area contributed by atoms with Gasteiger partial charge in [-0.3, -0.25) is 0 Å². The van der Waals surface area contributed by atoms with E-state index in [1.807, 2.05) is 30.3 Å². The fourth-order valence-electron chi connectivity index (χ4n) is 2.84. The molecule has 0 amide bonds. The molecule has 6 heteroatoms. The monoisotopic (exact) mass is 410 g/mol. The number of benzene rings is 2. The molecule has 0 aliphatic carbocycles. The molecular weight excluding hydrogens is 396 g/mol. The molecule has 124 valence electrons. The summed E-state index contributed by atoms with van der Waals surface area (Å²) in [4.78, 5) is 4.76. The van der Waals surface area contributed by atoms with E-state index in [0.717, 1.165) is 32.3 Å². The fourth-order valence-corrected chi connectivity index (χ4v) is 4.01. The normalized spacial score (nSPS) is 11.2. The summed E-state index contributed by atoms with van der Waals surface area (Å²) in [5.74, 6) is 0.800. The highest BCUT2D eigenvalue weighted by atomic mass is 79.9. The fraction of sp³-hybridized carbons (Fsp3) is 0.105. The van der Waals surface area contributed by atoms with Crippen LogP contribution in [0.5, 0.6) is 0 Å². The lowest BCUT2D eigenvalue weighted by atomic mass is 10.2. The third-order valence-electron chi connectivity index (χ3n) is 3.92. The maximum absolute atomic E-state index is 4.76. The van der Waals surface area contributed by atoms with E-state index in [1.165, 1.54) is 5.56 Å². The summed E-state index contributed by atoms with van der Waals surface area (Å²) in [5, 5.41) is 10.5. The SMILES string of the molecule is C=CCn1c2ccccc2c2nnc(SCc3cccc(Br)c3)nc21. The van der Waals surface area contributed by atoms with Crippen LogP contribution in [-0.2, 0) is 12.3 Å². The third kappa shape index (κ3) is 3.19. The van der Waals surface area contributed by atoms with Gasteiger partial charge in [-0.1, -0.05) is 64.1 Å². The summed E-state index contributed by atoms with van der Waals surface area (Å²) in [6.07, 6.45) is 1.88. The summed E-state index contributed by atoms with van der Waals surface area (Å²) in [6.45, 7) is 4.55. The van der Waals surface area contributed by atoms with Gasteiger partial charge in [-0.05, 0) is 23.8 Å². The number of aromatic nitrogens is 4. The van der Waals surface area contributed by atoms with Crippen LogP contribution in [0.1, 0.15) is 5.56 Å². The highest BCUT2D eigenvalue weighted by Crippen LogP contribution is 2.28. The second kappa shape index (κ2) is 6.98. The van der Waals surface area contributed by atoms with Gasteiger partial charge in [0.05, 0.1) is 5.52 Å². The lowest BCUT2D eigenvalue weighted by molar-refractivity contribution is 0.828. The van der Waals surface area contributed by atoms with Crippen molar-refractivity contribution in [2.45, 2.75) is 17.5 Å². The number of allylic oxidation sites excluding steroid dienone is 1. The minimum absolute atomic E-state index is 0.681. The lowest BCUT2D eigenvalue weighted by Crippen LogP contribution is -1.99. The van der Waals surface area contributed by atoms with Gasteiger partial charge in [-0.25, -0.2) is 4.98 Å². The number of rotatable bonds is 5. The van der Waals surface area contributed by atoms with E-state index in [4.69, 9.17) is 4.98 Å². The minimum Gasteiger partial charge on any atom is -0.320 e. The van der Waals surface area contributed by atoms with Crippen molar-refractivity contribution < 1.29 is 0 Å². The topological polar surface area (TPSA) is 43.6 Å². The number of hydrogen-bond donors (Lipinski definition) is 0. The molecule has 4 aromatic rings. The average molecular weight is 411 g/mol. The van der Waals surface area contributed by atoms with Gasteiger partial charge in [0.15, 0.2) is 5.65 Å². The maximum Gasteiger partial charge on any atom is 0.211 e. The molecule has 0 saturated heterocycles. The molecule has 4 rings (SSSR count). The Kier molecular flexibility index (Phi) is 4.55. The summed E-state index contributed by atoms with van der Waals surface area (Å²) in [7, 11) is 0. The van der Waals surface area contributed by atoms with Gasteiger partial charge in [-0.2, -0.15) is 0 Å². The molecule has 0 spiro atoms. The number of hydrogen-bond acceptors (Lipinski definition) is 4. The molecule has 4 nitrogen and oxygen atoms in total. The molecule has 0 unspecified atom stereocenters. The van der Waals surface area contributed by atoms with Crippen molar-refractivity contribution >= 4 is 49.8 Å². The van der Waals surface area contributed by atoms with Crippen molar-refractivity contribution in [2.24, 2.45) is 0 Å². The highest BCUT2D eigenvalue weighted by molar-refractivity contribution is 9.10. The van der Waals surface area contributed by atoms with Crippen LogP contribution in [0.4, 0.5) is 0 Å². The van der Waals surface area contributed by atoms with E-state index >= 15 is 0 Å². The van der Waals surface area contributed by atoms with E-state index < -0.39 is 0 Å². The summed E-state index contributed by atoms with van der Waals surface area (Å²) >= 11 is 5.09. The predicted molar refractivity (Wildman–Crippen MR) is 107 cm³/mol. The summed E-state index contributed by atoms with van der Waals surface area (Å²) < 4.78 is 3.21. The number of para-hydroxylation sites is 1. The van der Waals surface area contributed by atoms with Crippen molar-refractivity contribution in [1.29, 1.82) is 0 Å². The minimum atomic E-state index is 0.681. The first-order valence-corrected chi connectivity index (χ1v) is 9.64. The van der Waals surface area contributed by atoms with Crippen molar-refractivity contribution in [3.8, 4) is 0 Å². The molecule has 25 heavy (non-hydrogen) atoms. The molecule has 2 aromatic heterocycles. The quantitative estimate of drug-likeness (QED) is 0.334. The van der Waals surface area contributed by atoms with Gasteiger partial charge in [0.2, 0.25) is 5.16 Å². The van der Waals surface area contributed by atoms with Crippen LogP contribution in [0.3, 0.4) is 0 Å². The molecule has 0 saturated carbocycles. The number of fused-ring (bicyclic) bond motifs is 3. The van der Waals surface area contributed by atoms with Crippen LogP contribution in [0.25, 0.3) is 22.1 Å². The van der Waals surface area contributed by atoms with Gasteiger partial charge in [-0.15, -0.1) is 16.8 Å². The van der Waals surface area contributed by atoms with Crippen LogP contribution in [-0.4, -0.2) is 19.7 Å². The Hall–Kier alpha value is -2.18. The molecule has 0 bridgehead atoms. The zero-order valence-corrected chi connectivity index (χ0v) is 15.8. The van der Waals surface area contributed by atoms with E-state index in [-0.39, 0.29) is 0 Å². The van der Waals surface area contributed by atoms with Crippen LogP contribution >= 0.6 is 27.7 Å². The van der Waals surface area contributed by atoms with Gasteiger partial charge in [0.25, 0.3) is 0 Å². The first kappa shape index (κ1) is 16.3. The van der Waals surface area contributed by atoms with Crippen LogP contribution < -0.4 is 0 Å². The van der Waals surface area contributed by atoms with E-state index in [1.54, 1.807) is 11.8 Å². The molecular formula is C19H15BrN4S. The van der Waals surface area contributed by atoms with Crippen molar-refractivity contribution in [2.75, 3.05) is 0 Å². The molecule has 0 N–H and O–H groups in total. The Morgan fingerprint density at radius 1 is 1.12 bits per heavy atom. The predicted octanol–water partition coefficient (Wildman–Crippen LogP) is 5.22. The van der Waals surface area contributed by atoms with Crippen molar-refractivity contribution in [3.63, 3.8) is 0 Å². The molecule has 0 fully saturated rings. The van der Waals surface area contributed by atoms with E-state index in [2.05, 4.69) is 61.5 Å². The summed E-state index contributed by atoms with van der Waals surface area (Å²) in [6, 6.07) is 16.4. The highest BCUT2D eigenvalue weighted by Gasteiger charge is 2.14. The van der Waals surface area contributed by atoms with Gasteiger partial charge in [0.1, 0.15) is 5.52 Å². The zero-order chi connectivity index (χ0) is 17.2. The number of thioether (sulfide) groups is 1. The molecule has 0 aliphatic rings. The smallest absolute Gasteiger partial charge is 0.211 e.